The summed E-state index contributed by atoms with van der Waals surface area (Å²) in [5.74, 6) is 7.35. The van der Waals surface area contributed by atoms with Gasteiger partial charge in [-0.25, -0.2) is 15.6 Å². The van der Waals surface area contributed by atoms with Crippen LogP contribution in [0.3, 0.4) is 0 Å². The van der Waals surface area contributed by atoms with Gasteiger partial charge in [0.1, 0.15) is 11.4 Å². The predicted octanol–water partition coefficient (Wildman–Crippen LogP) is 2.63. The van der Waals surface area contributed by atoms with E-state index in [9.17, 15) is 4.79 Å². The zero-order valence-electron chi connectivity index (χ0n) is 16.7. The number of hydrogen-bond donors (Lipinski definition) is 3. The van der Waals surface area contributed by atoms with Crippen molar-refractivity contribution in [2.24, 2.45) is 17.5 Å². The highest BCUT2D eigenvalue weighted by molar-refractivity contribution is 5.74. The molecule has 0 saturated heterocycles. The van der Waals surface area contributed by atoms with Gasteiger partial charge in [0.05, 0.1) is 24.1 Å². The molecule has 2 fully saturated rings. The molecule has 0 atom stereocenters. The van der Waals surface area contributed by atoms with Crippen molar-refractivity contribution >= 4 is 11.8 Å². The Bertz CT molecular complexity index is 725. The third-order valence-corrected chi connectivity index (χ3v) is 5.13. The van der Waals surface area contributed by atoms with E-state index in [2.05, 4.69) is 10.3 Å². The van der Waals surface area contributed by atoms with Gasteiger partial charge in [0.25, 0.3) is 0 Å². The number of nitrogens with zero attached hydrogens (tertiary/aromatic N) is 2. The molecule has 1 amide bonds. The van der Waals surface area contributed by atoms with Crippen molar-refractivity contribution in [1.29, 1.82) is 0 Å². The standard InChI is InChI=1S/C20H31N5O3/c1-13-17(28-15-6-4-3-5-7-15)11-10-16(23-13)18(21)19(25(2)22)24-20(26)27-12-14-8-9-14/h10-11,14-15H,3-9,12,21-22H2,1-2H3,(H,24,26)/b19-18-. The topological polar surface area (TPSA) is 116 Å². The maximum atomic E-state index is 12.0. The summed E-state index contributed by atoms with van der Waals surface area (Å²) in [6, 6.07) is 3.65. The van der Waals surface area contributed by atoms with Crippen LogP contribution < -0.4 is 21.6 Å². The van der Waals surface area contributed by atoms with Crippen LogP contribution in [0.15, 0.2) is 18.0 Å². The second-order valence-electron chi connectivity index (χ2n) is 7.70. The highest BCUT2D eigenvalue weighted by atomic mass is 16.5. The number of nitrogens with one attached hydrogen (secondary N) is 1. The molecule has 0 bridgehead atoms. The molecule has 0 radical (unpaired) electrons. The number of alkyl carbamates (subject to hydrolysis) is 1. The summed E-state index contributed by atoms with van der Waals surface area (Å²) in [7, 11) is 1.59. The van der Waals surface area contributed by atoms with Gasteiger partial charge in [-0.15, -0.1) is 0 Å². The zero-order valence-corrected chi connectivity index (χ0v) is 16.7. The monoisotopic (exact) mass is 389 g/mol. The molecule has 0 unspecified atom stereocenters. The summed E-state index contributed by atoms with van der Waals surface area (Å²) >= 11 is 0. The van der Waals surface area contributed by atoms with Crippen molar-refractivity contribution in [2.45, 2.75) is 58.0 Å². The molecular weight excluding hydrogens is 358 g/mol. The number of aryl methyl sites for hydroxylation is 1. The lowest BCUT2D eigenvalue weighted by Crippen LogP contribution is -2.39. The number of carbonyl (C=O) groups excluding carboxylic acids is 1. The smallest absolute Gasteiger partial charge is 0.412 e. The van der Waals surface area contributed by atoms with E-state index in [-0.39, 0.29) is 17.6 Å². The minimum absolute atomic E-state index is 0.244. The first-order chi connectivity index (χ1) is 13.4. The van der Waals surface area contributed by atoms with Crippen molar-refractivity contribution in [3.63, 3.8) is 0 Å². The van der Waals surface area contributed by atoms with Gasteiger partial charge in [0.2, 0.25) is 0 Å². The average Bonchev–Trinajstić information content (AvgIpc) is 3.50. The molecule has 0 aliphatic heterocycles. The van der Waals surface area contributed by atoms with Crippen molar-refractivity contribution in [3.05, 3.63) is 29.3 Å². The highest BCUT2D eigenvalue weighted by Crippen LogP contribution is 2.29. The van der Waals surface area contributed by atoms with Crippen LogP contribution in [0, 0.1) is 12.8 Å². The van der Waals surface area contributed by atoms with E-state index in [1.807, 2.05) is 13.0 Å². The molecule has 2 saturated carbocycles. The van der Waals surface area contributed by atoms with E-state index in [4.69, 9.17) is 21.1 Å². The Kier molecular flexibility index (Phi) is 6.61. The second kappa shape index (κ2) is 9.14. The molecule has 154 valence electrons. The summed E-state index contributed by atoms with van der Waals surface area (Å²) < 4.78 is 11.3. The van der Waals surface area contributed by atoms with Gasteiger partial charge in [-0.3, -0.25) is 10.3 Å². The number of pyridine rings is 1. The SMILES string of the molecule is Cc1nc(/C(N)=C(\NC(=O)OCC2CC2)N(C)N)ccc1OC1CCCCC1. The number of amides is 1. The van der Waals surface area contributed by atoms with Crippen LogP contribution in [-0.4, -0.2) is 35.8 Å². The molecule has 28 heavy (non-hydrogen) atoms. The predicted molar refractivity (Wildman–Crippen MR) is 107 cm³/mol. The Balaban J connectivity index is 1.70. The van der Waals surface area contributed by atoms with Crippen LogP contribution in [0.4, 0.5) is 4.79 Å². The number of aromatic nitrogens is 1. The molecule has 8 heteroatoms. The summed E-state index contributed by atoms with van der Waals surface area (Å²) in [5.41, 5.74) is 7.78. The van der Waals surface area contributed by atoms with Crippen LogP contribution >= 0.6 is 0 Å². The van der Waals surface area contributed by atoms with Crippen molar-refractivity contribution in [3.8, 4) is 5.75 Å². The lowest BCUT2D eigenvalue weighted by atomic mass is 9.98. The largest absolute Gasteiger partial charge is 0.489 e. The number of rotatable bonds is 7. The summed E-state index contributed by atoms with van der Waals surface area (Å²) in [6.45, 7) is 2.30. The quantitative estimate of drug-likeness (QED) is 0.485. The van der Waals surface area contributed by atoms with Crippen LogP contribution in [0.5, 0.6) is 5.75 Å². The fraction of sp³-hybridized carbons (Fsp3) is 0.600. The van der Waals surface area contributed by atoms with Crippen molar-refractivity contribution in [1.82, 2.24) is 15.3 Å². The molecule has 1 aromatic heterocycles. The number of hydrogen-bond acceptors (Lipinski definition) is 7. The van der Waals surface area contributed by atoms with E-state index in [1.54, 1.807) is 13.1 Å². The minimum Gasteiger partial charge on any atom is -0.489 e. The number of nitrogens with two attached hydrogens (primary N) is 2. The lowest BCUT2D eigenvalue weighted by molar-refractivity contribution is 0.141. The van der Waals surface area contributed by atoms with Crippen molar-refractivity contribution < 1.29 is 14.3 Å². The molecule has 2 aliphatic rings. The molecule has 1 heterocycles. The molecule has 5 N–H and O–H groups in total. The van der Waals surface area contributed by atoms with Gasteiger partial charge in [-0.05, 0) is 63.5 Å². The normalized spacial score (nSPS) is 18.2. The van der Waals surface area contributed by atoms with Gasteiger partial charge in [0.15, 0.2) is 5.82 Å². The number of ether oxygens (including phenoxy) is 2. The Morgan fingerprint density at radius 2 is 1.96 bits per heavy atom. The van der Waals surface area contributed by atoms with Gasteiger partial charge in [-0.2, -0.15) is 0 Å². The van der Waals surface area contributed by atoms with Gasteiger partial charge < -0.3 is 15.2 Å². The fourth-order valence-corrected chi connectivity index (χ4v) is 3.26. The van der Waals surface area contributed by atoms with Gasteiger partial charge in [0, 0.05) is 7.05 Å². The third kappa shape index (κ3) is 5.51. The average molecular weight is 390 g/mol. The zero-order chi connectivity index (χ0) is 20.1. The summed E-state index contributed by atoms with van der Waals surface area (Å²) in [6.07, 6.45) is 7.75. The number of carbonyl (C=O) groups is 1. The third-order valence-electron chi connectivity index (χ3n) is 5.13. The first-order valence-electron chi connectivity index (χ1n) is 10.0. The molecule has 0 spiro atoms. The fourth-order valence-electron chi connectivity index (χ4n) is 3.26. The van der Waals surface area contributed by atoms with E-state index in [0.29, 0.717) is 18.2 Å². The Morgan fingerprint density at radius 3 is 2.57 bits per heavy atom. The van der Waals surface area contributed by atoms with Crippen LogP contribution in [0.2, 0.25) is 0 Å². The highest BCUT2D eigenvalue weighted by Gasteiger charge is 2.24. The van der Waals surface area contributed by atoms with Gasteiger partial charge >= 0.3 is 6.09 Å². The molecule has 0 aromatic carbocycles. The van der Waals surface area contributed by atoms with Crippen LogP contribution in [0.1, 0.15) is 56.3 Å². The molecule has 1 aromatic rings. The van der Waals surface area contributed by atoms with E-state index >= 15 is 0 Å². The minimum atomic E-state index is -0.573. The molecule has 3 rings (SSSR count). The maximum Gasteiger partial charge on any atom is 0.412 e. The van der Waals surface area contributed by atoms with E-state index < -0.39 is 6.09 Å². The maximum absolute atomic E-state index is 12.0. The molecule has 8 nitrogen and oxygen atoms in total. The van der Waals surface area contributed by atoms with Gasteiger partial charge in [-0.1, -0.05) is 6.42 Å². The first kappa shape index (κ1) is 20.3. The molecule has 2 aliphatic carbocycles. The molecular formula is C20H31N5O3. The first-order valence-corrected chi connectivity index (χ1v) is 10.0. The summed E-state index contributed by atoms with van der Waals surface area (Å²) in [5, 5.41) is 3.87. The lowest BCUT2D eigenvalue weighted by Gasteiger charge is -2.24. The summed E-state index contributed by atoms with van der Waals surface area (Å²) in [4.78, 5) is 16.6. The van der Waals surface area contributed by atoms with E-state index in [1.165, 1.54) is 24.3 Å². The van der Waals surface area contributed by atoms with Crippen LogP contribution in [-0.2, 0) is 4.74 Å². The van der Waals surface area contributed by atoms with Crippen LogP contribution in [0.25, 0.3) is 5.70 Å². The Labute approximate surface area is 166 Å². The Hall–Kier alpha value is -2.48. The van der Waals surface area contributed by atoms with Crippen molar-refractivity contribution in [2.75, 3.05) is 13.7 Å². The Morgan fingerprint density at radius 1 is 1.25 bits per heavy atom. The van der Waals surface area contributed by atoms with E-state index in [0.717, 1.165) is 37.1 Å². The second-order valence-corrected chi connectivity index (χ2v) is 7.70. The number of hydrazine groups is 1.